The molecular weight excluding hydrogens is 166 g/mol. The standard InChI is InChI=1S/C7H10F2N2O/c1-7(8,9)5-3-11-6(12-5)4-10-2/h3,10H,4H2,1-2H3. The smallest absolute Gasteiger partial charge is 0.303 e. The second kappa shape index (κ2) is 3.18. The van der Waals surface area contributed by atoms with Crippen molar-refractivity contribution in [2.24, 2.45) is 0 Å². The van der Waals surface area contributed by atoms with Crippen LogP contribution in [0, 0.1) is 0 Å². The molecule has 1 N–H and O–H groups in total. The lowest BCUT2D eigenvalue weighted by Crippen LogP contribution is -2.06. The van der Waals surface area contributed by atoms with Crippen LogP contribution in [0.2, 0.25) is 0 Å². The van der Waals surface area contributed by atoms with Crippen LogP contribution in [0.15, 0.2) is 10.6 Å². The highest BCUT2D eigenvalue weighted by Crippen LogP contribution is 2.26. The van der Waals surface area contributed by atoms with Crippen molar-refractivity contribution in [2.45, 2.75) is 19.4 Å². The number of halogens is 2. The molecule has 0 aliphatic heterocycles. The van der Waals surface area contributed by atoms with Crippen molar-refractivity contribution in [2.75, 3.05) is 7.05 Å². The Kier molecular flexibility index (Phi) is 2.42. The normalized spacial score (nSPS) is 12.0. The molecule has 0 aliphatic carbocycles. The Balaban J connectivity index is 2.77. The summed E-state index contributed by atoms with van der Waals surface area (Å²) in [5.74, 6) is -3.07. The van der Waals surface area contributed by atoms with Gasteiger partial charge in [-0.05, 0) is 7.05 Å². The number of alkyl halides is 2. The fourth-order valence-electron chi connectivity index (χ4n) is 0.746. The van der Waals surface area contributed by atoms with E-state index in [1.54, 1.807) is 7.05 Å². The molecule has 1 rings (SSSR count). The van der Waals surface area contributed by atoms with Gasteiger partial charge < -0.3 is 9.73 Å². The van der Waals surface area contributed by atoms with Crippen molar-refractivity contribution in [3.8, 4) is 0 Å². The molecule has 0 aliphatic rings. The maximum absolute atomic E-state index is 12.6. The van der Waals surface area contributed by atoms with Gasteiger partial charge in [0.25, 0.3) is 0 Å². The van der Waals surface area contributed by atoms with Crippen LogP contribution in [-0.2, 0) is 12.5 Å². The van der Waals surface area contributed by atoms with Gasteiger partial charge in [0.05, 0.1) is 12.7 Å². The molecule has 68 valence electrons. The van der Waals surface area contributed by atoms with Crippen LogP contribution in [0.4, 0.5) is 8.78 Å². The van der Waals surface area contributed by atoms with E-state index in [0.29, 0.717) is 6.54 Å². The number of nitrogens with one attached hydrogen (secondary N) is 1. The summed E-state index contributed by atoms with van der Waals surface area (Å²) in [6, 6.07) is 0. The highest BCUT2D eigenvalue weighted by atomic mass is 19.3. The molecule has 5 heteroatoms. The Hall–Kier alpha value is -0.970. The van der Waals surface area contributed by atoms with Crippen LogP contribution in [0.5, 0.6) is 0 Å². The number of rotatable bonds is 3. The van der Waals surface area contributed by atoms with Crippen molar-refractivity contribution in [1.29, 1.82) is 0 Å². The molecule has 0 amide bonds. The zero-order chi connectivity index (χ0) is 9.19. The predicted octanol–water partition coefficient (Wildman–Crippen LogP) is 1.51. The average Bonchev–Trinajstić information content (AvgIpc) is 2.35. The molecule has 0 bridgehead atoms. The number of hydrogen-bond acceptors (Lipinski definition) is 3. The Morgan fingerprint density at radius 2 is 2.33 bits per heavy atom. The third-order valence-corrected chi connectivity index (χ3v) is 1.31. The first-order chi connectivity index (χ1) is 5.54. The van der Waals surface area contributed by atoms with Crippen molar-refractivity contribution in [1.82, 2.24) is 10.3 Å². The second-order valence-electron chi connectivity index (χ2n) is 2.54. The first-order valence-corrected chi connectivity index (χ1v) is 3.51. The van der Waals surface area contributed by atoms with E-state index < -0.39 is 11.7 Å². The van der Waals surface area contributed by atoms with Crippen LogP contribution < -0.4 is 5.32 Å². The van der Waals surface area contributed by atoms with Crippen molar-refractivity contribution >= 4 is 0 Å². The summed E-state index contributed by atoms with van der Waals surface area (Å²) >= 11 is 0. The number of oxazole rings is 1. The van der Waals surface area contributed by atoms with Crippen LogP contribution in [-0.4, -0.2) is 12.0 Å². The van der Waals surface area contributed by atoms with Gasteiger partial charge in [0.2, 0.25) is 5.89 Å². The molecule has 0 saturated carbocycles. The molecule has 1 aromatic heterocycles. The first kappa shape index (κ1) is 9.12. The van der Waals surface area contributed by atoms with Gasteiger partial charge in [-0.15, -0.1) is 0 Å². The lowest BCUT2D eigenvalue weighted by atomic mass is 10.3. The number of aromatic nitrogens is 1. The number of nitrogens with zero attached hydrogens (tertiary/aromatic N) is 1. The third-order valence-electron chi connectivity index (χ3n) is 1.31. The maximum atomic E-state index is 12.6. The predicted molar refractivity (Wildman–Crippen MR) is 38.8 cm³/mol. The minimum Gasteiger partial charge on any atom is -0.438 e. The Morgan fingerprint density at radius 3 is 2.75 bits per heavy atom. The van der Waals surface area contributed by atoms with E-state index >= 15 is 0 Å². The lowest BCUT2D eigenvalue weighted by Gasteiger charge is -2.03. The van der Waals surface area contributed by atoms with Gasteiger partial charge in [0, 0.05) is 6.92 Å². The summed E-state index contributed by atoms with van der Waals surface area (Å²) in [5, 5.41) is 2.75. The molecule has 0 saturated heterocycles. The van der Waals surface area contributed by atoms with Gasteiger partial charge in [-0.3, -0.25) is 0 Å². The molecule has 0 unspecified atom stereocenters. The van der Waals surface area contributed by atoms with Crippen LogP contribution in [0.3, 0.4) is 0 Å². The summed E-state index contributed by atoms with van der Waals surface area (Å²) in [6.45, 7) is 1.13. The molecule has 1 aromatic rings. The van der Waals surface area contributed by atoms with Crippen LogP contribution >= 0.6 is 0 Å². The molecule has 3 nitrogen and oxygen atoms in total. The van der Waals surface area contributed by atoms with Gasteiger partial charge >= 0.3 is 5.92 Å². The molecule has 0 radical (unpaired) electrons. The minimum atomic E-state index is -2.95. The average molecular weight is 176 g/mol. The first-order valence-electron chi connectivity index (χ1n) is 3.51. The fourth-order valence-corrected chi connectivity index (χ4v) is 0.746. The summed E-state index contributed by atoms with van der Waals surface area (Å²) in [5.41, 5.74) is 0. The Labute approximate surface area is 68.8 Å². The lowest BCUT2D eigenvalue weighted by molar-refractivity contribution is -0.00631. The van der Waals surface area contributed by atoms with Gasteiger partial charge in [0.15, 0.2) is 5.76 Å². The highest BCUT2D eigenvalue weighted by molar-refractivity contribution is 5.00. The van der Waals surface area contributed by atoms with Gasteiger partial charge in [-0.1, -0.05) is 0 Å². The van der Waals surface area contributed by atoms with E-state index in [0.717, 1.165) is 13.1 Å². The third kappa shape index (κ3) is 2.01. The number of hydrogen-bond donors (Lipinski definition) is 1. The molecule has 0 aromatic carbocycles. The second-order valence-corrected chi connectivity index (χ2v) is 2.54. The highest BCUT2D eigenvalue weighted by Gasteiger charge is 2.29. The molecule has 1 heterocycles. The largest absolute Gasteiger partial charge is 0.438 e. The fraction of sp³-hybridized carbons (Fsp3) is 0.571. The van der Waals surface area contributed by atoms with Gasteiger partial charge in [0.1, 0.15) is 0 Å². The van der Waals surface area contributed by atoms with Gasteiger partial charge in [-0.2, -0.15) is 8.78 Å². The van der Waals surface area contributed by atoms with Crippen LogP contribution in [0.25, 0.3) is 0 Å². The van der Waals surface area contributed by atoms with E-state index in [1.165, 1.54) is 0 Å². The van der Waals surface area contributed by atoms with E-state index in [2.05, 4.69) is 10.3 Å². The SMILES string of the molecule is CNCc1ncc(C(C)(F)F)o1. The Bertz CT molecular complexity index is 254. The van der Waals surface area contributed by atoms with Crippen molar-refractivity contribution in [3.05, 3.63) is 17.8 Å². The van der Waals surface area contributed by atoms with E-state index in [9.17, 15) is 8.78 Å². The minimum absolute atomic E-state index is 0.272. The topological polar surface area (TPSA) is 38.1 Å². The summed E-state index contributed by atoms with van der Waals surface area (Å²) in [6.07, 6.45) is 1.05. The van der Waals surface area contributed by atoms with E-state index in [4.69, 9.17) is 4.42 Å². The van der Waals surface area contributed by atoms with Crippen molar-refractivity contribution in [3.63, 3.8) is 0 Å². The summed E-state index contributed by atoms with van der Waals surface area (Å²) in [7, 11) is 1.69. The molecule has 0 atom stereocenters. The maximum Gasteiger partial charge on any atom is 0.303 e. The molecule has 0 fully saturated rings. The molecular formula is C7H10F2N2O. The zero-order valence-corrected chi connectivity index (χ0v) is 6.90. The Morgan fingerprint density at radius 1 is 1.67 bits per heavy atom. The van der Waals surface area contributed by atoms with Crippen LogP contribution in [0.1, 0.15) is 18.6 Å². The van der Waals surface area contributed by atoms with E-state index in [1.807, 2.05) is 0 Å². The monoisotopic (exact) mass is 176 g/mol. The summed E-state index contributed by atoms with van der Waals surface area (Å²) < 4.78 is 29.9. The summed E-state index contributed by atoms with van der Waals surface area (Å²) in [4.78, 5) is 3.66. The van der Waals surface area contributed by atoms with E-state index in [-0.39, 0.29) is 5.89 Å². The zero-order valence-electron chi connectivity index (χ0n) is 6.90. The van der Waals surface area contributed by atoms with Crippen molar-refractivity contribution < 1.29 is 13.2 Å². The molecule has 0 spiro atoms. The quantitative estimate of drug-likeness (QED) is 0.758. The molecule has 12 heavy (non-hydrogen) atoms. The van der Waals surface area contributed by atoms with Gasteiger partial charge in [-0.25, -0.2) is 4.98 Å².